The van der Waals surface area contributed by atoms with Gasteiger partial charge in [0.25, 0.3) is 0 Å². The minimum Gasteiger partial charge on any atom is -0.353 e. The fraction of sp³-hybridized carbons (Fsp3) is 0.571. The van der Waals surface area contributed by atoms with Gasteiger partial charge < -0.3 is 9.88 Å². The van der Waals surface area contributed by atoms with Crippen LogP contribution in [0.2, 0.25) is 0 Å². The van der Waals surface area contributed by atoms with Crippen molar-refractivity contribution in [2.45, 2.75) is 63.8 Å². The number of carbonyl (C=O) groups excluding carboxylic acids is 1. The van der Waals surface area contributed by atoms with Gasteiger partial charge in [0, 0.05) is 6.04 Å². The maximum atomic E-state index is 12.3. The van der Waals surface area contributed by atoms with Crippen molar-refractivity contribution in [3.05, 3.63) is 41.7 Å². The average Bonchev–Trinajstić information content (AvgIpc) is 3.36. The van der Waals surface area contributed by atoms with Crippen LogP contribution in [0.25, 0.3) is 0 Å². The molecule has 0 spiro atoms. The van der Waals surface area contributed by atoms with E-state index in [1.807, 2.05) is 6.07 Å². The van der Waals surface area contributed by atoms with Crippen molar-refractivity contribution < 1.29 is 4.79 Å². The monoisotopic (exact) mass is 401 g/mol. The second-order valence-corrected chi connectivity index (χ2v) is 8.27. The fourth-order valence-corrected chi connectivity index (χ4v) is 4.27. The first kappa shape index (κ1) is 20.9. The van der Waals surface area contributed by atoms with Crippen LogP contribution in [0, 0.1) is 0 Å². The van der Waals surface area contributed by atoms with E-state index in [9.17, 15) is 4.79 Å². The molecule has 1 saturated heterocycles. The van der Waals surface area contributed by atoms with Gasteiger partial charge in [-0.15, -0.1) is 10.2 Å². The quantitative estimate of drug-likeness (QED) is 0.619. The van der Waals surface area contributed by atoms with E-state index >= 15 is 0 Å². The van der Waals surface area contributed by atoms with E-state index in [1.54, 1.807) is 0 Å². The number of hydrogen-bond donors (Lipinski definition) is 1. The summed E-state index contributed by atoms with van der Waals surface area (Å²) in [6.45, 7) is 8.00. The average molecular weight is 402 g/mol. The number of rotatable bonds is 10. The predicted molar refractivity (Wildman–Crippen MR) is 113 cm³/mol. The summed E-state index contributed by atoms with van der Waals surface area (Å²) in [5, 5.41) is 12.8. The molecule has 0 radical (unpaired) electrons. The molecule has 0 atom stereocenters. The topological polar surface area (TPSA) is 63.1 Å². The molecule has 0 saturated carbocycles. The Hall–Kier alpha value is -1.86. The number of carbonyl (C=O) groups is 1. The molecule has 2 heterocycles. The zero-order chi connectivity index (χ0) is 19.8. The standard InChI is InChI=1S/C21H31N5OS/c1-3-18(4-2)22-20(27)16-28-21-24-23-19(15-25-12-8-9-13-25)26(21)14-17-10-6-5-7-11-17/h5-7,10-11,18H,3-4,8-9,12-16H2,1-2H3,(H,22,27). The Balaban J connectivity index is 1.70. The molecule has 0 bridgehead atoms. The molecule has 1 amide bonds. The lowest BCUT2D eigenvalue weighted by Gasteiger charge is -2.16. The van der Waals surface area contributed by atoms with Crippen molar-refractivity contribution in [3.8, 4) is 0 Å². The van der Waals surface area contributed by atoms with Gasteiger partial charge >= 0.3 is 0 Å². The van der Waals surface area contributed by atoms with Crippen LogP contribution < -0.4 is 5.32 Å². The van der Waals surface area contributed by atoms with E-state index < -0.39 is 0 Å². The first-order chi connectivity index (χ1) is 13.7. The molecule has 7 heteroatoms. The highest BCUT2D eigenvalue weighted by Gasteiger charge is 2.19. The summed E-state index contributed by atoms with van der Waals surface area (Å²) in [7, 11) is 0. The van der Waals surface area contributed by atoms with Gasteiger partial charge in [0.15, 0.2) is 5.16 Å². The largest absolute Gasteiger partial charge is 0.353 e. The van der Waals surface area contributed by atoms with E-state index in [0.717, 1.165) is 50.0 Å². The number of amides is 1. The van der Waals surface area contributed by atoms with Gasteiger partial charge in [0.2, 0.25) is 5.91 Å². The lowest BCUT2D eigenvalue weighted by Crippen LogP contribution is -2.35. The summed E-state index contributed by atoms with van der Waals surface area (Å²) in [6, 6.07) is 10.6. The molecule has 1 aromatic carbocycles. The van der Waals surface area contributed by atoms with Crippen LogP contribution in [0.1, 0.15) is 50.9 Å². The highest BCUT2D eigenvalue weighted by atomic mass is 32.2. The maximum absolute atomic E-state index is 12.3. The van der Waals surface area contributed by atoms with E-state index in [1.165, 1.54) is 30.2 Å². The van der Waals surface area contributed by atoms with Crippen LogP contribution in [0.4, 0.5) is 0 Å². The van der Waals surface area contributed by atoms with Crippen LogP contribution in [-0.4, -0.2) is 50.5 Å². The van der Waals surface area contributed by atoms with Crippen molar-refractivity contribution in [1.82, 2.24) is 25.0 Å². The normalized spacial score (nSPS) is 14.7. The molecular weight excluding hydrogens is 370 g/mol. The Kier molecular flexibility index (Phi) is 7.91. The predicted octanol–water partition coefficient (Wildman–Crippen LogP) is 3.32. The highest BCUT2D eigenvalue weighted by molar-refractivity contribution is 7.99. The summed E-state index contributed by atoms with van der Waals surface area (Å²) in [5.74, 6) is 1.41. The molecule has 6 nitrogen and oxygen atoms in total. The van der Waals surface area contributed by atoms with Gasteiger partial charge in [0.1, 0.15) is 5.82 Å². The van der Waals surface area contributed by atoms with Crippen molar-refractivity contribution in [3.63, 3.8) is 0 Å². The van der Waals surface area contributed by atoms with Crippen LogP contribution in [0.15, 0.2) is 35.5 Å². The lowest BCUT2D eigenvalue weighted by molar-refractivity contribution is -0.119. The van der Waals surface area contributed by atoms with Gasteiger partial charge in [-0.25, -0.2) is 0 Å². The van der Waals surface area contributed by atoms with Gasteiger partial charge in [-0.1, -0.05) is 55.9 Å². The first-order valence-electron chi connectivity index (χ1n) is 10.3. The third-order valence-electron chi connectivity index (χ3n) is 5.22. The Bertz CT molecular complexity index is 739. The number of nitrogens with one attached hydrogen (secondary N) is 1. The third kappa shape index (κ3) is 5.82. The highest BCUT2D eigenvalue weighted by Crippen LogP contribution is 2.21. The summed E-state index contributed by atoms with van der Waals surface area (Å²) in [5.41, 5.74) is 1.22. The smallest absolute Gasteiger partial charge is 0.230 e. The Morgan fingerprint density at radius 3 is 2.50 bits per heavy atom. The molecule has 1 aliphatic heterocycles. The molecule has 28 heavy (non-hydrogen) atoms. The number of aromatic nitrogens is 3. The first-order valence-corrected chi connectivity index (χ1v) is 11.3. The van der Waals surface area contributed by atoms with Crippen LogP contribution in [0.5, 0.6) is 0 Å². The Morgan fingerprint density at radius 1 is 1.11 bits per heavy atom. The van der Waals surface area contributed by atoms with E-state index in [-0.39, 0.29) is 11.9 Å². The summed E-state index contributed by atoms with van der Waals surface area (Å²) in [4.78, 5) is 14.7. The van der Waals surface area contributed by atoms with Gasteiger partial charge in [-0.05, 0) is 44.3 Å². The third-order valence-corrected chi connectivity index (χ3v) is 6.19. The molecule has 0 aliphatic carbocycles. The van der Waals surface area contributed by atoms with Crippen molar-refractivity contribution in [2.24, 2.45) is 0 Å². The molecule has 3 rings (SSSR count). The lowest BCUT2D eigenvalue weighted by atomic mass is 10.2. The van der Waals surface area contributed by atoms with Gasteiger partial charge in [-0.2, -0.15) is 0 Å². The number of thioether (sulfide) groups is 1. The number of benzene rings is 1. The van der Waals surface area contributed by atoms with Crippen LogP contribution in [-0.2, 0) is 17.9 Å². The minimum absolute atomic E-state index is 0.0639. The Morgan fingerprint density at radius 2 is 1.82 bits per heavy atom. The van der Waals surface area contributed by atoms with Gasteiger partial charge in [0.05, 0.1) is 18.8 Å². The van der Waals surface area contributed by atoms with E-state index in [0.29, 0.717) is 5.75 Å². The summed E-state index contributed by atoms with van der Waals surface area (Å²) in [6.07, 6.45) is 4.42. The molecule has 1 N–H and O–H groups in total. The molecule has 1 fully saturated rings. The van der Waals surface area contributed by atoms with Crippen LogP contribution in [0.3, 0.4) is 0 Å². The summed E-state index contributed by atoms with van der Waals surface area (Å²) < 4.78 is 2.17. The zero-order valence-corrected chi connectivity index (χ0v) is 17.7. The van der Waals surface area contributed by atoms with Gasteiger partial charge in [-0.3, -0.25) is 9.69 Å². The van der Waals surface area contributed by atoms with E-state index in [4.69, 9.17) is 0 Å². The fourth-order valence-electron chi connectivity index (χ4n) is 3.50. The second kappa shape index (κ2) is 10.6. The molecule has 2 aromatic rings. The van der Waals surface area contributed by atoms with E-state index in [2.05, 4.69) is 63.1 Å². The molecule has 1 aliphatic rings. The number of nitrogens with zero attached hydrogens (tertiary/aromatic N) is 4. The SMILES string of the molecule is CCC(CC)NC(=O)CSc1nnc(CN2CCCC2)n1Cc1ccccc1. The maximum Gasteiger partial charge on any atom is 0.230 e. The number of hydrogen-bond acceptors (Lipinski definition) is 5. The second-order valence-electron chi connectivity index (χ2n) is 7.32. The zero-order valence-electron chi connectivity index (χ0n) is 16.9. The molecule has 1 aromatic heterocycles. The van der Waals surface area contributed by atoms with Crippen molar-refractivity contribution in [1.29, 1.82) is 0 Å². The molecular formula is C21H31N5OS. The van der Waals surface area contributed by atoms with Crippen molar-refractivity contribution in [2.75, 3.05) is 18.8 Å². The Labute approximate surface area is 172 Å². The number of likely N-dealkylation sites (tertiary alicyclic amines) is 1. The van der Waals surface area contributed by atoms with Crippen molar-refractivity contribution >= 4 is 17.7 Å². The van der Waals surface area contributed by atoms with Crippen LogP contribution >= 0.6 is 11.8 Å². The molecule has 152 valence electrons. The minimum atomic E-state index is 0.0639. The summed E-state index contributed by atoms with van der Waals surface area (Å²) >= 11 is 1.47. The molecule has 0 unspecified atom stereocenters.